The molecule has 0 radical (unpaired) electrons. The van der Waals surface area contributed by atoms with Crippen molar-refractivity contribution in [3.63, 3.8) is 0 Å². The van der Waals surface area contributed by atoms with Crippen molar-refractivity contribution in [2.24, 2.45) is 5.41 Å². The summed E-state index contributed by atoms with van der Waals surface area (Å²) in [4.78, 5) is 0. The minimum atomic E-state index is -0.572. The molecule has 0 bridgehead atoms. The third-order valence-electron chi connectivity index (χ3n) is 2.84. The number of phenolic OH excluding ortho intramolecular Hbond substituents is 1. The molecular formula is C12H16FNO2. The smallest absolute Gasteiger partial charge is 0.165 e. The van der Waals surface area contributed by atoms with Gasteiger partial charge in [0, 0.05) is 24.1 Å². The summed E-state index contributed by atoms with van der Waals surface area (Å²) in [6.45, 7) is 4.93. The monoisotopic (exact) mass is 225 g/mol. The van der Waals surface area contributed by atoms with Crippen molar-refractivity contribution >= 4 is 0 Å². The van der Waals surface area contributed by atoms with E-state index in [1.165, 1.54) is 6.07 Å². The van der Waals surface area contributed by atoms with Gasteiger partial charge in [0.1, 0.15) is 0 Å². The number of halogens is 1. The van der Waals surface area contributed by atoms with Gasteiger partial charge in [-0.2, -0.15) is 0 Å². The number of hydrogen-bond acceptors (Lipinski definition) is 3. The van der Waals surface area contributed by atoms with E-state index in [2.05, 4.69) is 12.2 Å². The second-order valence-electron chi connectivity index (χ2n) is 4.65. The van der Waals surface area contributed by atoms with Crippen LogP contribution in [0.3, 0.4) is 0 Å². The van der Waals surface area contributed by atoms with Gasteiger partial charge in [0.2, 0.25) is 0 Å². The van der Waals surface area contributed by atoms with Crippen LogP contribution in [-0.4, -0.2) is 24.9 Å². The van der Waals surface area contributed by atoms with Crippen LogP contribution in [0.25, 0.3) is 0 Å². The Bertz CT molecular complexity index is 377. The number of nitrogens with one attached hydrogen (secondary N) is 1. The minimum absolute atomic E-state index is 0.183. The molecule has 1 aromatic rings. The first-order valence-corrected chi connectivity index (χ1v) is 5.36. The number of benzene rings is 1. The Kier molecular flexibility index (Phi) is 3.12. The highest BCUT2D eigenvalue weighted by Crippen LogP contribution is 2.26. The quantitative estimate of drug-likeness (QED) is 0.818. The molecule has 0 saturated carbocycles. The van der Waals surface area contributed by atoms with Gasteiger partial charge in [-0.25, -0.2) is 4.39 Å². The zero-order valence-corrected chi connectivity index (χ0v) is 9.29. The van der Waals surface area contributed by atoms with E-state index in [9.17, 15) is 9.50 Å². The first-order chi connectivity index (χ1) is 7.61. The molecule has 1 heterocycles. The third kappa shape index (κ3) is 2.33. The summed E-state index contributed by atoms with van der Waals surface area (Å²) in [5, 5.41) is 12.7. The van der Waals surface area contributed by atoms with Gasteiger partial charge in [-0.05, 0) is 6.07 Å². The van der Waals surface area contributed by atoms with E-state index >= 15 is 0 Å². The Morgan fingerprint density at radius 2 is 2.25 bits per heavy atom. The van der Waals surface area contributed by atoms with Gasteiger partial charge >= 0.3 is 0 Å². The molecule has 1 aliphatic heterocycles. The van der Waals surface area contributed by atoms with Crippen molar-refractivity contribution < 1.29 is 14.2 Å². The summed E-state index contributed by atoms with van der Waals surface area (Å²) >= 11 is 0. The Morgan fingerprint density at radius 1 is 1.50 bits per heavy atom. The highest BCUT2D eigenvalue weighted by atomic mass is 19.1. The minimum Gasteiger partial charge on any atom is -0.505 e. The normalized spacial score (nSPS) is 18.1. The highest BCUT2D eigenvalue weighted by Gasteiger charge is 2.32. The fourth-order valence-electron chi connectivity index (χ4n) is 1.75. The topological polar surface area (TPSA) is 41.5 Å². The molecule has 88 valence electrons. The van der Waals surface area contributed by atoms with E-state index in [0.29, 0.717) is 12.1 Å². The number of hydrogen-bond donors (Lipinski definition) is 2. The number of para-hydroxylation sites is 1. The molecule has 1 aromatic carbocycles. The van der Waals surface area contributed by atoms with Crippen molar-refractivity contribution in [1.82, 2.24) is 5.32 Å². The molecule has 4 heteroatoms. The lowest BCUT2D eigenvalue weighted by Crippen LogP contribution is -2.47. The summed E-state index contributed by atoms with van der Waals surface area (Å²) < 4.78 is 18.2. The van der Waals surface area contributed by atoms with Gasteiger partial charge in [0.25, 0.3) is 0 Å². The number of rotatable bonds is 4. The highest BCUT2D eigenvalue weighted by molar-refractivity contribution is 5.33. The standard InChI is InChI=1S/C12H16FNO2/c1-12(7-16-8-12)6-14-5-9-3-2-4-10(13)11(9)15/h2-4,14-15H,5-8H2,1H3. The zero-order valence-electron chi connectivity index (χ0n) is 9.29. The Morgan fingerprint density at radius 3 is 2.88 bits per heavy atom. The van der Waals surface area contributed by atoms with Crippen LogP contribution in [0.2, 0.25) is 0 Å². The fraction of sp³-hybridized carbons (Fsp3) is 0.500. The van der Waals surface area contributed by atoms with Gasteiger partial charge in [0.05, 0.1) is 13.2 Å². The maximum Gasteiger partial charge on any atom is 0.165 e. The van der Waals surface area contributed by atoms with Crippen molar-refractivity contribution in [3.05, 3.63) is 29.6 Å². The van der Waals surface area contributed by atoms with Crippen LogP contribution in [0.5, 0.6) is 5.75 Å². The van der Waals surface area contributed by atoms with Gasteiger partial charge in [-0.1, -0.05) is 19.1 Å². The molecule has 0 unspecified atom stereocenters. The predicted octanol–water partition coefficient (Wildman–Crippen LogP) is 1.66. The van der Waals surface area contributed by atoms with Crippen LogP contribution in [0, 0.1) is 11.2 Å². The largest absolute Gasteiger partial charge is 0.505 e. The molecule has 0 atom stereocenters. The third-order valence-corrected chi connectivity index (χ3v) is 2.84. The average Bonchev–Trinajstić information content (AvgIpc) is 2.22. The molecule has 0 spiro atoms. The molecule has 0 aromatic heterocycles. The number of aromatic hydroxyl groups is 1. The van der Waals surface area contributed by atoms with Crippen LogP contribution in [0.1, 0.15) is 12.5 Å². The van der Waals surface area contributed by atoms with Crippen molar-refractivity contribution in [2.75, 3.05) is 19.8 Å². The summed E-state index contributed by atoms with van der Waals surface area (Å²) in [7, 11) is 0. The molecule has 1 saturated heterocycles. The van der Waals surface area contributed by atoms with Crippen molar-refractivity contribution in [3.8, 4) is 5.75 Å². The predicted molar refractivity (Wildman–Crippen MR) is 58.7 cm³/mol. The van der Waals surface area contributed by atoms with Crippen LogP contribution >= 0.6 is 0 Å². The Hall–Kier alpha value is -1.13. The first-order valence-electron chi connectivity index (χ1n) is 5.36. The lowest BCUT2D eigenvalue weighted by molar-refractivity contribution is -0.0991. The average molecular weight is 225 g/mol. The van der Waals surface area contributed by atoms with E-state index in [-0.39, 0.29) is 11.2 Å². The fourth-order valence-corrected chi connectivity index (χ4v) is 1.75. The number of phenols is 1. The molecule has 1 fully saturated rings. The lowest BCUT2D eigenvalue weighted by Gasteiger charge is -2.38. The van der Waals surface area contributed by atoms with Crippen molar-refractivity contribution in [1.29, 1.82) is 0 Å². The lowest BCUT2D eigenvalue weighted by atomic mass is 9.89. The summed E-state index contributed by atoms with van der Waals surface area (Å²) in [6.07, 6.45) is 0. The summed E-state index contributed by atoms with van der Waals surface area (Å²) in [6, 6.07) is 4.56. The maximum atomic E-state index is 13.0. The summed E-state index contributed by atoms with van der Waals surface area (Å²) in [5.41, 5.74) is 0.770. The van der Waals surface area contributed by atoms with Gasteiger partial charge in [0.15, 0.2) is 11.6 Å². The van der Waals surface area contributed by atoms with Gasteiger partial charge < -0.3 is 15.2 Å². The Balaban J connectivity index is 1.87. The Labute approximate surface area is 94.2 Å². The molecule has 1 aliphatic rings. The van der Waals surface area contributed by atoms with Gasteiger partial charge in [-0.3, -0.25) is 0 Å². The molecule has 2 rings (SSSR count). The van der Waals surface area contributed by atoms with E-state index in [1.807, 2.05) is 0 Å². The summed E-state index contributed by atoms with van der Waals surface area (Å²) in [5.74, 6) is -0.831. The van der Waals surface area contributed by atoms with Crippen LogP contribution < -0.4 is 5.32 Å². The SMILES string of the molecule is CC1(CNCc2cccc(F)c2O)COC1. The van der Waals surface area contributed by atoms with Gasteiger partial charge in [-0.15, -0.1) is 0 Å². The van der Waals surface area contributed by atoms with E-state index in [4.69, 9.17) is 4.74 Å². The van der Waals surface area contributed by atoms with Crippen LogP contribution in [-0.2, 0) is 11.3 Å². The molecular weight excluding hydrogens is 209 g/mol. The molecule has 16 heavy (non-hydrogen) atoms. The molecule has 3 nitrogen and oxygen atoms in total. The van der Waals surface area contributed by atoms with E-state index < -0.39 is 5.82 Å². The zero-order chi connectivity index (χ0) is 11.6. The van der Waals surface area contributed by atoms with Crippen LogP contribution in [0.15, 0.2) is 18.2 Å². The molecule has 0 aliphatic carbocycles. The van der Waals surface area contributed by atoms with Crippen molar-refractivity contribution in [2.45, 2.75) is 13.5 Å². The first kappa shape index (κ1) is 11.4. The number of ether oxygens (including phenoxy) is 1. The van der Waals surface area contributed by atoms with E-state index in [0.717, 1.165) is 19.8 Å². The van der Waals surface area contributed by atoms with E-state index in [1.54, 1.807) is 12.1 Å². The molecule has 2 N–H and O–H groups in total. The second-order valence-corrected chi connectivity index (χ2v) is 4.65. The molecule has 0 amide bonds. The van der Waals surface area contributed by atoms with Crippen LogP contribution in [0.4, 0.5) is 4.39 Å². The second kappa shape index (κ2) is 4.39. The maximum absolute atomic E-state index is 13.0.